The van der Waals surface area contributed by atoms with Crippen molar-refractivity contribution < 1.29 is 13.6 Å². The maximum absolute atomic E-state index is 14.0. The summed E-state index contributed by atoms with van der Waals surface area (Å²) in [6.45, 7) is 3.59. The number of halogens is 2. The number of nitrogens with one attached hydrogen (secondary N) is 1. The zero-order valence-corrected chi connectivity index (χ0v) is 15.8. The van der Waals surface area contributed by atoms with Crippen molar-refractivity contribution >= 4 is 28.1 Å². The fraction of sp³-hybridized carbons (Fsp3) is 0.190. The van der Waals surface area contributed by atoms with Gasteiger partial charge in [0.15, 0.2) is 5.65 Å². The summed E-state index contributed by atoms with van der Waals surface area (Å²) in [5.41, 5.74) is 1.32. The number of aryl methyl sites for hydroxylation is 1. The normalized spacial score (nSPS) is 12.4. The first-order valence-electron chi connectivity index (χ1n) is 9.16. The van der Waals surface area contributed by atoms with E-state index in [9.17, 15) is 18.4 Å². The molecule has 1 atom stereocenters. The molecule has 2 heterocycles. The largest absolute Gasteiger partial charge is 0.322 e. The van der Waals surface area contributed by atoms with E-state index in [0.29, 0.717) is 17.8 Å². The molecular formula is C21H18F2N4O2. The molecule has 29 heavy (non-hydrogen) atoms. The third-order valence-corrected chi connectivity index (χ3v) is 4.86. The molecule has 0 spiro atoms. The van der Waals surface area contributed by atoms with Crippen molar-refractivity contribution in [1.29, 1.82) is 0 Å². The molecule has 0 aliphatic carbocycles. The van der Waals surface area contributed by atoms with Crippen LogP contribution in [0.5, 0.6) is 0 Å². The first-order valence-corrected chi connectivity index (χ1v) is 9.16. The lowest BCUT2D eigenvalue weighted by molar-refractivity contribution is -0.119. The van der Waals surface area contributed by atoms with Crippen molar-refractivity contribution in [2.75, 3.05) is 5.32 Å². The molecule has 0 bridgehead atoms. The number of carbonyl (C=O) groups is 1. The van der Waals surface area contributed by atoms with Crippen LogP contribution in [0.4, 0.5) is 14.5 Å². The minimum atomic E-state index is -0.850. The average Bonchev–Trinajstić information content (AvgIpc) is 3.00. The van der Waals surface area contributed by atoms with Crippen LogP contribution >= 0.6 is 0 Å². The first-order chi connectivity index (χ1) is 13.9. The molecule has 0 saturated carbocycles. The van der Waals surface area contributed by atoms with Crippen LogP contribution in [0.1, 0.15) is 25.1 Å². The van der Waals surface area contributed by atoms with Gasteiger partial charge in [0.2, 0.25) is 5.91 Å². The van der Waals surface area contributed by atoms with Crippen LogP contribution in [-0.2, 0) is 4.79 Å². The maximum Gasteiger partial charge on any atom is 0.273 e. The van der Waals surface area contributed by atoms with Gasteiger partial charge < -0.3 is 5.32 Å². The number of aromatic nitrogens is 3. The highest BCUT2D eigenvalue weighted by molar-refractivity contribution is 5.97. The molecule has 6 nitrogen and oxygen atoms in total. The predicted octanol–water partition coefficient (Wildman–Crippen LogP) is 3.83. The zero-order valence-electron chi connectivity index (χ0n) is 15.8. The van der Waals surface area contributed by atoms with E-state index >= 15 is 0 Å². The molecule has 4 rings (SSSR count). The highest BCUT2D eigenvalue weighted by atomic mass is 19.1. The Hall–Kier alpha value is -3.55. The Labute approximate surface area is 164 Å². The van der Waals surface area contributed by atoms with Crippen LogP contribution in [0.15, 0.2) is 53.3 Å². The summed E-state index contributed by atoms with van der Waals surface area (Å²) in [7, 11) is 0. The van der Waals surface area contributed by atoms with Crippen LogP contribution in [-0.4, -0.2) is 20.1 Å². The molecule has 4 aromatic rings. The molecule has 0 aliphatic rings. The van der Waals surface area contributed by atoms with Crippen molar-refractivity contribution in [2.45, 2.75) is 26.3 Å². The second kappa shape index (κ2) is 7.12. The van der Waals surface area contributed by atoms with Gasteiger partial charge in [0.1, 0.15) is 17.7 Å². The number of hydrogen-bond acceptors (Lipinski definition) is 3. The zero-order chi connectivity index (χ0) is 20.7. The van der Waals surface area contributed by atoms with Crippen molar-refractivity contribution in [1.82, 2.24) is 14.2 Å². The SMILES string of the molecule is CC[C@@H](C(=O)Nc1ccc(F)cc1F)n1c2ccccc2c2nc(=O)cc(C)n21. The van der Waals surface area contributed by atoms with Crippen molar-refractivity contribution in [3.63, 3.8) is 0 Å². The Bertz CT molecular complexity index is 1310. The summed E-state index contributed by atoms with van der Waals surface area (Å²) in [4.78, 5) is 29.1. The summed E-state index contributed by atoms with van der Waals surface area (Å²) >= 11 is 0. The van der Waals surface area contributed by atoms with Gasteiger partial charge in [-0.15, -0.1) is 0 Å². The van der Waals surface area contributed by atoms with E-state index in [-0.39, 0.29) is 11.2 Å². The highest BCUT2D eigenvalue weighted by Gasteiger charge is 2.25. The van der Waals surface area contributed by atoms with Crippen LogP contribution in [0, 0.1) is 18.6 Å². The number of amides is 1. The molecule has 0 fully saturated rings. The monoisotopic (exact) mass is 396 g/mol. The maximum atomic E-state index is 14.0. The number of fused-ring (bicyclic) bond motifs is 3. The van der Waals surface area contributed by atoms with E-state index in [4.69, 9.17) is 0 Å². The fourth-order valence-electron chi connectivity index (χ4n) is 3.59. The number of benzene rings is 2. The number of anilines is 1. The topological polar surface area (TPSA) is 68.4 Å². The lowest BCUT2D eigenvalue weighted by Gasteiger charge is -2.20. The van der Waals surface area contributed by atoms with Crippen molar-refractivity contribution in [2.24, 2.45) is 0 Å². The Morgan fingerprint density at radius 1 is 1.17 bits per heavy atom. The molecule has 2 aromatic heterocycles. The van der Waals surface area contributed by atoms with Gasteiger partial charge in [-0.2, -0.15) is 4.98 Å². The third-order valence-electron chi connectivity index (χ3n) is 4.86. The summed E-state index contributed by atoms with van der Waals surface area (Å²) in [5, 5.41) is 3.27. The van der Waals surface area contributed by atoms with Gasteiger partial charge in [0, 0.05) is 23.2 Å². The van der Waals surface area contributed by atoms with Crippen molar-refractivity contribution in [3.8, 4) is 0 Å². The minimum absolute atomic E-state index is 0.0997. The van der Waals surface area contributed by atoms with E-state index in [0.717, 1.165) is 23.0 Å². The second-order valence-electron chi connectivity index (χ2n) is 6.77. The predicted molar refractivity (Wildman–Crippen MR) is 106 cm³/mol. The molecule has 1 amide bonds. The van der Waals surface area contributed by atoms with Gasteiger partial charge >= 0.3 is 0 Å². The summed E-state index contributed by atoms with van der Waals surface area (Å²) in [6.07, 6.45) is 0.397. The lowest BCUT2D eigenvalue weighted by Crippen LogP contribution is -2.29. The number of rotatable bonds is 4. The van der Waals surface area contributed by atoms with E-state index < -0.39 is 23.6 Å². The fourth-order valence-corrected chi connectivity index (χ4v) is 3.59. The summed E-state index contributed by atoms with van der Waals surface area (Å²) < 4.78 is 30.7. The standard InChI is InChI=1S/C21H18F2N4O2/c1-3-17(21(29)24-16-9-8-13(22)11-15(16)23)27-18-7-5-4-6-14(18)20-25-19(28)10-12(2)26(20)27/h4-11,17H,3H2,1-2H3,(H,24,29)/t17-/m0/s1. The lowest BCUT2D eigenvalue weighted by atomic mass is 10.2. The molecule has 0 aliphatic heterocycles. The quantitative estimate of drug-likeness (QED) is 0.570. The van der Waals surface area contributed by atoms with Crippen molar-refractivity contribution in [3.05, 3.63) is 76.2 Å². The summed E-state index contributed by atoms with van der Waals surface area (Å²) in [5.74, 6) is -2.03. The number of para-hydroxylation sites is 1. The molecule has 0 unspecified atom stereocenters. The number of nitrogens with zero attached hydrogens (tertiary/aromatic N) is 3. The first kappa shape index (κ1) is 18.8. The Kier molecular flexibility index (Phi) is 4.62. The molecule has 1 N–H and O–H groups in total. The number of hydrogen-bond donors (Lipinski definition) is 1. The average molecular weight is 396 g/mol. The highest BCUT2D eigenvalue weighted by Crippen LogP contribution is 2.27. The van der Waals surface area contributed by atoms with Gasteiger partial charge in [0.05, 0.1) is 11.2 Å². The van der Waals surface area contributed by atoms with Gasteiger partial charge in [-0.1, -0.05) is 19.1 Å². The Morgan fingerprint density at radius 3 is 2.66 bits per heavy atom. The molecule has 2 aromatic carbocycles. The Morgan fingerprint density at radius 2 is 1.93 bits per heavy atom. The smallest absolute Gasteiger partial charge is 0.273 e. The van der Waals surface area contributed by atoms with E-state index in [1.807, 2.05) is 31.2 Å². The molecule has 0 saturated heterocycles. The van der Waals surface area contributed by atoms with Gasteiger partial charge in [-0.25, -0.2) is 13.3 Å². The van der Waals surface area contributed by atoms with E-state index in [1.54, 1.807) is 16.1 Å². The summed E-state index contributed by atoms with van der Waals surface area (Å²) in [6, 6.07) is 11.0. The molecule has 148 valence electrons. The van der Waals surface area contributed by atoms with Crippen LogP contribution < -0.4 is 10.9 Å². The minimum Gasteiger partial charge on any atom is -0.322 e. The third kappa shape index (κ3) is 3.16. The molecule has 8 heteroatoms. The van der Waals surface area contributed by atoms with Crippen LogP contribution in [0.2, 0.25) is 0 Å². The second-order valence-corrected chi connectivity index (χ2v) is 6.77. The molecule has 0 radical (unpaired) electrons. The van der Waals surface area contributed by atoms with E-state index in [2.05, 4.69) is 10.3 Å². The van der Waals surface area contributed by atoms with Gasteiger partial charge in [0.25, 0.3) is 5.56 Å². The van der Waals surface area contributed by atoms with E-state index in [1.165, 1.54) is 12.1 Å². The molecular weight excluding hydrogens is 378 g/mol. The number of carbonyl (C=O) groups excluding carboxylic acids is 1. The van der Waals surface area contributed by atoms with Gasteiger partial charge in [-0.05, 0) is 37.6 Å². The van der Waals surface area contributed by atoms with Crippen LogP contribution in [0.25, 0.3) is 16.6 Å². The van der Waals surface area contributed by atoms with Gasteiger partial charge in [-0.3, -0.25) is 14.3 Å². The van der Waals surface area contributed by atoms with Crippen LogP contribution in [0.3, 0.4) is 0 Å². The Balaban J connectivity index is 1.88.